The topological polar surface area (TPSA) is 84.2 Å². The molecule has 21 heavy (non-hydrogen) atoms. The van der Waals surface area contributed by atoms with E-state index in [1.165, 1.54) is 5.56 Å². The molecule has 0 unspecified atom stereocenters. The second-order valence-electron chi connectivity index (χ2n) is 5.69. The standard InChI is InChI=1S/C16H23N3O2/c1-12-5-4-6-13(9-12)16(7-2-3-8-16)19-15(21)11-18-14(20)10-17/h4-6,9H,2-3,7-8,10-11,17H2,1H3,(H,18,20)(H,19,21). The molecular weight excluding hydrogens is 266 g/mol. The average Bonchev–Trinajstić information content (AvgIpc) is 2.94. The Morgan fingerprint density at radius 1 is 1.24 bits per heavy atom. The van der Waals surface area contributed by atoms with Crippen LogP contribution in [-0.4, -0.2) is 24.9 Å². The molecule has 0 spiro atoms. The molecule has 1 aliphatic rings. The highest BCUT2D eigenvalue weighted by molar-refractivity contribution is 5.85. The fraction of sp³-hybridized carbons (Fsp3) is 0.500. The highest BCUT2D eigenvalue weighted by Crippen LogP contribution is 2.38. The fourth-order valence-electron chi connectivity index (χ4n) is 2.97. The summed E-state index contributed by atoms with van der Waals surface area (Å²) in [6.07, 6.45) is 4.08. The molecule has 114 valence electrons. The third kappa shape index (κ3) is 3.82. The van der Waals surface area contributed by atoms with Crippen molar-refractivity contribution >= 4 is 11.8 Å². The zero-order chi connectivity index (χ0) is 15.3. The Morgan fingerprint density at radius 2 is 1.95 bits per heavy atom. The largest absolute Gasteiger partial charge is 0.346 e. The van der Waals surface area contributed by atoms with Gasteiger partial charge in [0, 0.05) is 0 Å². The van der Waals surface area contributed by atoms with Gasteiger partial charge in [-0.15, -0.1) is 0 Å². The van der Waals surface area contributed by atoms with Crippen LogP contribution in [0.5, 0.6) is 0 Å². The Labute approximate surface area is 125 Å². The van der Waals surface area contributed by atoms with Gasteiger partial charge in [0.05, 0.1) is 18.6 Å². The number of nitrogens with one attached hydrogen (secondary N) is 2. The van der Waals surface area contributed by atoms with Gasteiger partial charge in [-0.3, -0.25) is 9.59 Å². The molecule has 4 N–H and O–H groups in total. The first kappa shape index (κ1) is 15.5. The van der Waals surface area contributed by atoms with Crippen molar-refractivity contribution in [1.82, 2.24) is 10.6 Å². The first-order valence-electron chi connectivity index (χ1n) is 7.41. The molecule has 0 aromatic heterocycles. The van der Waals surface area contributed by atoms with Crippen molar-refractivity contribution in [3.05, 3.63) is 35.4 Å². The molecule has 0 aliphatic heterocycles. The molecule has 1 aliphatic carbocycles. The van der Waals surface area contributed by atoms with Crippen molar-refractivity contribution in [1.29, 1.82) is 0 Å². The number of nitrogens with two attached hydrogens (primary N) is 1. The monoisotopic (exact) mass is 289 g/mol. The minimum absolute atomic E-state index is 0.0242. The molecular formula is C16H23N3O2. The molecule has 0 heterocycles. The van der Waals surface area contributed by atoms with Crippen molar-refractivity contribution in [3.63, 3.8) is 0 Å². The number of carbonyl (C=O) groups is 2. The van der Waals surface area contributed by atoms with Gasteiger partial charge in [-0.05, 0) is 25.3 Å². The second kappa shape index (κ2) is 6.72. The average molecular weight is 289 g/mol. The lowest BCUT2D eigenvalue weighted by atomic mass is 9.87. The maximum atomic E-state index is 12.1. The van der Waals surface area contributed by atoms with Crippen LogP contribution >= 0.6 is 0 Å². The fourth-order valence-corrected chi connectivity index (χ4v) is 2.97. The molecule has 1 aromatic carbocycles. The predicted octanol–water partition coefficient (Wildman–Crippen LogP) is 0.955. The smallest absolute Gasteiger partial charge is 0.240 e. The summed E-state index contributed by atoms with van der Waals surface area (Å²) in [6, 6.07) is 8.27. The van der Waals surface area contributed by atoms with Gasteiger partial charge in [0.25, 0.3) is 0 Å². The molecule has 2 amide bonds. The van der Waals surface area contributed by atoms with E-state index in [0.717, 1.165) is 31.2 Å². The Balaban J connectivity index is 2.08. The molecule has 0 saturated heterocycles. The number of amides is 2. The van der Waals surface area contributed by atoms with Gasteiger partial charge in [-0.25, -0.2) is 0 Å². The van der Waals surface area contributed by atoms with Crippen LogP contribution in [-0.2, 0) is 15.1 Å². The molecule has 0 atom stereocenters. The van der Waals surface area contributed by atoms with Gasteiger partial charge in [0.1, 0.15) is 0 Å². The van der Waals surface area contributed by atoms with Gasteiger partial charge < -0.3 is 16.4 Å². The van der Waals surface area contributed by atoms with Gasteiger partial charge in [-0.2, -0.15) is 0 Å². The predicted molar refractivity (Wildman–Crippen MR) is 81.5 cm³/mol. The first-order valence-corrected chi connectivity index (χ1v) is 7.41. The van der Waals surface area contributed by atoms with Crippen molar-refractivity contribution in [2.45, 2.75) is 38.1 Å². The number of carbonyl (C=O) groups excluding carboxylic acids is 2. The Kier molecular flexibility index (Phi) is 4.96. The Bertz CT molecular complexity index is 522. The highest BCUT2D eigenvalue weighted by Gasteiger charge is 2.36. The molecule has 1 aromatic rings. The van der Waals surface area contributed by atoms with E-state index in [4.69, 9.17) is 5.73 Å². The van der Waals surface area contributed by atoms with Gasteiger partial charge in [0.2, 0.25) is 11.8 Å². The first-order chi connectivity index (χ1) is 10.1. The van der Waals surface area contributed by atoms with E-state index in [9.17, 15) is 9.59 Å². The quantitative estimate of drug-likeness (QED) is 0.754. The van der Waals surface area contributed by atoms with E-state index in [1.807, 2.05) is 6.07 Å². The van der Waals surface area contributed by atoms with Crippen molar-refractivity contribution in [2.24, 2.45) is 5.73 Å². The number of hydrogen-bond donors (Lipinski definition) is 3. The van der Waals surface area contributed by atoms with Crippen LogP contribution < -0.4 is 16.4 Å². The van der Waals surface area contributed by atoms with E-state index in [2.05, 4.69) is 35.8 Å². The Morgan fingerprint density at radius 3 is 2.57 bits per heavy atom. The Hall–Kier alpha value is -1.88. The van der Waals surface area contributed by atoms with E-state index in [1.54, 1.807) is 0 Å². The van der Waals surface area contributed by atoms with Crippen molar-refractivity contribution in [3.8, 4) is 0 Å². The molecule has 0 radical (unpaired) electrons. The van der Waals surface area contributed by atoms with Crippen LogP contribution in [0.1, 0.15) is 36.8 Å². The summed E-state index contributed by atoms with van der Waals surface area (Å²) in [6.45, 7) is 1.93. The van der Waals surface area contributed by atoms with Crippen LogP contribution in [0.3, 0.4) is 0 Å². The second-order valence-corrected chi connectivity index (χ2v) is 5.69. The minimum Gasteiger partial charge on any atom is -0.346 e. The normalized spacial score (nSPS) is 16.5. The minimum atomic E-state index is -0.318. The molecule has 5 heteroatoms. The summed E-state index contributed by atoms with van der Waals surface area (Å²) in [5.41, 5.74) is 7.25. The number of benzene rings is 1. The maximum absolute atomic E-state index is 12.1. The summed E-state index contributed by atoms with van der Waals surface area (Å²) in [4.78, 5) is 23.2. The molecule has 5 nitrogen and oxygen atoms in total. The highest BCUT2D eigenvalue weighted by atomic mass is 16.2. The van der Waals surface area contributed by atoms with Gasteiger partial charge in [-0.1, -0.05) is 42.7 Å². The van der Waals surface area contributed by atoms with E-state index >= 15 is 0 Å². The maximum Gasteiger partial charge on any atom is 0.240 e. The number of aryl methyl sites for hydroxylation is 1. The van der Waals surface area contributed by atoms with Crippen LogP contribution in [0.15, 0.2) is 24.3 Å². The summed E-state index contributed by atoms with van der Waals surface area (Å²) in [7, 11) is 0. The number of hydrogen-bond acceptors (Lipinski definition) is 3. The van der Waals surface area contributed by atoms with E-state index in [0.29, 0.717) is 0 Å². The molecule has 1 fully saturated rings. The number of rotatable bonds is 5. The third-order valence-electron chi connectivity index (χ3n) is 4.04. The summed E-state index contributed by atoms with van der Waals surface area (Å²) in [5, 5.41) is 5.63. The molecule has 0 bridgehead atoms. The summed E-state index contributed by atoms with van der Waals surface area (Å²) >= 11 is 0. The lowest BCUT2D eigenvalue weighted by Crippen LogP contribution is -2.48. The zero-order valence-electron chi connectivity index (χ0n) is 12.4. The van der Waals surface area contributed by atoms with Crippen LogP contribution in [0.25, 0.3) is 0 Å². The molecule has 2 rings (SSSR count). The van der Waals surface area contributed by atoms with Gasteiger partial charge in [0.15, 0.2) is 0 Å². The lowest BCUT2D eigenvalue weighted by Gasteiger charge is -2.31. The third-order valence-corrected chi connectivity index (χ3v) is 4.04. The van der Waals surface area contributed by atoms with E-state index in [-0.39, 0.29) is 30.4 Å². The van der Waals surface area contributed by atoms with Crippen LogP contribution in [0.4, 0.5) is 0 Å². The van der Waals surface area contributed by atoms with Gasteiger partial charge >= 0.3 is 0 Å². The van der Waals surface area contributed by atoms with Crippen molar-refractivity contribution < 1.29 is 9.59 Å². The lowest BCUT2D eigenvalue weighted by molar-refractivity contribution is -0.126. The SMILES string of the molecule is Cc1cccc(C2(NC(=O)CNC(=O)CN)CCCC2)c1. The summed E-state index contributed by atoms with van der Waals surface area (Å²) < 4.78 is 0. The molecule has 1 saturated carbocycles. The van der Waals surface area contributed by atoms with Crippen LogP contribution in [0.2, 0.25) is 0 Å². The van der Waals surface area contributed by atoms with E-state index < -0.39 is 0 Å². The zero-order valence-corrected chi connectivity index (χ0v) is 12.4. The van der Waals surface area contributed by atoms with Crippen molar-refractivity contribution in [2.75, 3.05) is 13.1 Å². The van der Waals surface area contributed by atoms with Crippen LogP contribution in [0, 0.1) is 6.92 Å². The summed E-state index contributed by atoms with van der Waals surface area (Å²) in [5.74, 6) is -0.485.